The molecule has 8 nitrogen and oxygen atoms in total. The lowest BCUT2D eigenvalue weighted by atomic mass is 9.96. The van der Waals surface area contributed by atoms with Gasteiger partial charge in [-0.3, -0.25) is 14.7 Å². The van der Waals surface area contributed by atoms with Gasteiger partial charge < -0.3 is 19.3 Å². The Hall–Kier alpha value is -2.87. The maximum atomic E-state index is 12.9. The van der Waals surface area contributed by atoms with E-state index in [0.717, 1.165) is 42.9 Å². The van der Waals surface area contributed by atoms with Crippen molar-refractivity contribution < 1.29 is 19.1 Å². The lowest BCUT2D eigenvalue weighted by Crippen LogP contribution is -2.42. The van der Waals surface area contributed by atoms with E-state index in [1.54, 1.807) is 20.3 Å². The minimum Gasteiger partial charge on any atom is -0.497 e. The Labute approximate surface area is 182 Å². The zero-order valence-electron chi connectivity index (χ0n) is 18.2. The first-order chi connectivity index (χ1) is 15.1. The summed E-state index contributed by atoms with van der Waals surface area (Å²) in [5.41, 5.74) is 2.11. The van der Waals surface area contributed by atoms with E-state index in [2.05, 4.69) is 10.2 Å². The minimum absolute atomic E-state index is 0.0301. The van der Waals surface area contributed by atoms with Gasteiger partial charge in [-0.05, 0) is 37.0 Å². The van der Waals surface area contributed by atoms with Crippen molar-refractivity contribution in [3.8, 4) is 17.0 Å². The molecule has 1 aromatic heterocycles. The Balaban J connectivity index is 1.31. The Morgan fingerprint density at radius 2 is 2.00 bits per heavy atom. The number of hydrogen-bond donors (Lipinski definition) is 1. The van der Waals surface area contributed by atoms with Crippen LogP contribution in [0.3, 0.4) is 0 Å². The zero-order valence-corrected chi connectivity index (χ0v) is 18.2. The number of rotatable bonds is 7. The highest BCUT2D eigenvalue weighted by molar-refractivity contribution is 5.93. The topological polar surface area (TPSA) is 87.8 Å². The molecule has 2 aliphatic rings. The SMILES string of the molecule is COCC1CC(=O)N(CC2CCN(C(=O)c3cc(-c4cccc(OC)c4)n[nH]3)CC2)C1. The average molecular weight is 427 g/mol. The zero-order chi connectivity index (χ0) is 21.8. The monoisotopic (exact) mass is 426 g/mol. The third-order valence-corrected chi connectivity index (χ3v) is 6.25. The smallest absolute Gasteiger partial charge is 0.271 e. The highest BCUT2D eigenvalue weighted by Gasteiger charge is 2.32. The fraction of sp³-hybridized carbons (Fsp3) is 0.522. The Morgan fingerprint density at radius 1 is 1.19 bits per heavy atom. The number of carbonyl (C=O) groups is 2. The van der Waals surface area contributed by atoms with Crippen LogP contribution in [0.5, 0.6) is 5.75 Å². The van der Waals surface area contributed by atoms with Gasteiger partial charge >= 0.3 is 0 Å². The third kappa shape index (κ3) is 4.90. The lowest BCUT2D eigenvalue weighted by Gasteiger charge is -2.33. The van der Waals surface area contributed by atoms with Gasteiger partial charge in [0.1, 0.15) is 11.4 Å². The van der Waals surface area contributed by atoms with Gasteiger partial charge in [-0.2, -0.15) is 5.10 Å². The number of ether oxygens (including phenoxy) is 2. The van der Waals surface area contributed by atoms with Crippen molar-refractivity contribution in [2.75, 3.05) is 47.0 Å². The van der Waals surface area contributed by atoms with Crippen LogP contribution in [0.4, 0.5) is 0 Å². The van der Waals surface area contributed by atoms with Crippen molar-refractivity contribution in [2.24, 2.45) is 11.8 Å². The average Bonchev–Trinajstić information content (AvgIpc) is 3.41. The summed E-state index contributed by atoms with van der Waals surface area (Å²) < 4.78 is 10.5. The first kappa shape index (κ1) is 21.4. The number of benzene rings is 1. The lowest BCUT2D eigenvalue weighted by molar-refractivity contribution is -0.128. The summed E-state index contributed by atoms with van der Waals surface area (Å²) in [7, 11) is 3.30. The Morgan fingerprint density at radius 3 is 2.74 bits per heavy atom. The van der Waals surface area contributed by atoms with Gasteiger partial charge in [-0.25, -0.2) is 0 Å². The maximum Gasteiger partial charge on any atom is 0.271 e. The summed E-state index contributed by atoms with van der Waals surface area (Å²) in [4.78, 5) is 29.0. The van der Waals surface area contributed by atoms with E-state index >= 15 is 0 Å². The number of methoxy groups -OCH3 is 2. The van der Waals surface area contributed by atoms with E-state index in [1.807, 2.05) is 34.1 Å². The number of likely N-dealkylation sites (tertiary alicyclic amines) is 2. The number of nitrogens with one attached hydrogen (secondary N) is 1. The summed E-state index contributed by atoms with van der Waals surface area (Å²) in [6.07, 6.45) is 2.39. The molecule has 3 heterocycles. The highest BCUT2D eigenvalue weighted by atomic mass is 16.5. The van der Waals surface area contributed by atoms with Crippen LogP contribution in [0.2, 0.25) is 0 Å². The van der Waals surface area contributed by atoms with Gasteiger partial charge in [-0.1, -0.05) is 12.1 Å². The number of hydrogen-bond acceptors (Lipinski definition) is 5. The van der Waals surface area contributed by atoms with Crippen LogP contribution >= 0.6 is 0 Å². The van der Waals surface area contributed by atoms with Crippen molar-refractivity contribution in [3.63, 3.8) is 0 Å². The molecule has 8 heteroatoms. The van der Waals surface area contributed by atoms with E-state index in [-0.39, 0.29) is 11.8 Å². The first-order valence-electron chi connectivity index (χ1n) is 10.8. The standard InChI is InChI=1S/C23H30N4O4/c1-30-15-17-10-22(28)27(14-17)13-16-6-8-26(9-7-16)23(29)21-12-20(24-25-21)18-4-3-5-19(11-18)31-2/h3-5,11-12,16-17H,6-10,13-15H2,1-2H3,(H,24,25). The molecule has 166 valence electrons. The van der Waals surface area contributed by atoms with Crippen molar-refractivity contribution in [2.45, 2.75) is 19.3 Å². The number of amides is 2. The Bertz CT molecular complexity index is 920. The summed E-state index contributed by atoms with van der Waals surface area (Å²) in [5.74, 6) is 1.68. The molecule has 2 aliphatic heterocycles. The molecule has 0 aliphatic carbocycles. The van der Waals surface area contributed by atoms with Crippen molar-refractivity contribution in [1.82, 2.24) is 20.0 Å². The summed E-state index contributed by atoms with van der Waals surface area (Å²) in [6.45, 7) is 3.59. The number of aromatic nitrogens is 2. The molecular formula is C23H30N4O4. The second-order valence-electron chi connectivity index (χ2n) is 8.46. The molecule has 2 amide bonds. The first-order valence-corrected chi connectivity index (χ1v) is 10.8. The molecule has 1 atom stereocenters. The van der Waals surface area contributed by atoms with E-state index in [9.17, 15) is 9.59 Å². The molecule has 2 fully saturated rings. The second-order valence-corrected chi connectivity index (χ2v) is 8.46. The molecule has 1 N–H and O–H groups in total. The Kier molecular flexibility index (Phi) is 6.56. The number of aromatic amines is 1. The van der Waals surface area contributed by atoms with Crippen LogP contribution in [0, 0.1) is 11.8 Å². The van der Waals surface area contributed by atoms with Crippen LogP contribution < -0.4 is 4.74 Å². The number of carbonyl (C=O) groups excluding carboxylic acids is 2. The summed E-state index contributed by atoms with van der Waals surface area (Å²) in [6, 6.07) is 9.40. The van der Waals surface area contributed by atoms with Crippen molar-refractivity contribution in [1.29, 1.82) is 0 Å². The summed E-state index contributed by atoms with van der Waals surface area (Å²) in [5, 5.41) is 7.19. The normalized spacial score (nSPS) is 19.8. The highest BCUT2D eigenvalue weighted by Crippen LogP contribution is 2.26. The van der Waals surface area contributed by atoms with E-state index in [0.29, 0.717) is 43.6 Å². The molecule has 0 spiro atoms. The number of nitrogens with zero attached hydrogens (tertiary/aromatic N) is 3. The van der Waals surface area contributed by atoms with Crippen LogP contribution in [-0.2, 0) is 9.53 Å². The molecule has 1 unspecified atom stereocenters. The molecule has 2 saturated heterocycles. The fourth-order valence-electron chi connectivity index (χ4n) is 4.54. The van der Waals surface area contributed by atoms with Gasteiger partial charge in [0, 0.05) is 51.2 Å². The van der Waals surface area contributed by atoms with E-state index < -0.39 is 0 Å². The fourth-order valence-corrected chi connectivity index (χ4v) is 4.54. The molecule has 4 rings (SSSR count). The molecule has 2 aromatic rings. The molecule has 0 bridgehead atoms. The molecule has 0 saturated carbocycles. The van der Waals surface area contributed by atoms with E-state index in [1.165, 1.54) is 0 Å². The van der Waals surface area contributed by atoms with Crippen molar-refractivity contribution >= 4 is 11.8 Å². The second kappa shape index (κ2) is 9.51. The van der Waals surface area contributed by atoms with E-state index in [4.69, 9.17) is 9.47 Å². The summed E-state index contributed by atoms with van der Waals surface area (Å²) >= 11 is 0. The number of piperidine rings is 1. The van der Waals surface area contributed by atoms with Crippen molar-refractivity contribution in [3.05, 3.63) is 36.0 Å². The predicted molar refractivity (Wildman–Crippen MR) is 116 cm³/mol. The largest absolute Gasteiger partial charge is 0.497 e. The number of H-pyrrole nitrogens is 1. The molecule has 31 heavy (non-hydrogen) atoms. The molecular weight excluding hydrogens is 396 g/mol. The van der Waals surface area contributed by atoms with Crippen LogP contribution in [0.25, 0.3) is 11.3 Å². The van der Waals surface area contributed by atoms with Gasteiger partial charge in [0.2, 0.25) is 5.91 Å². The molecule has 1 aromatic carbocycles. The van der Waals surface area contributed by atoms with Gasteiger partial charge in [0.05, 0.1) is 19.4 Å². The maximum absolute atomic E-state index is 12.9. The van der Waals surface area contributed by atoms with Crippen LogP contribution in [-0.4, -0.2) is 78.8 Å². The van der Waals surface area contributed by atoms with Gasteiger partial charge in [-0.15, -0.1) is 0 Å². The van der Waals surface area contributed by atoms with Crippen LogP contribution in [0.1, 0.15) is 29.8 Å². The minimum atomic E-state index is -0.0301. The predicted octanol–water partition coefficient (Wildman–Crippen LogP) is 2.43. The van der Waals surface area contributed by atoms with Gasteiger partial charge in [0.25, 0.3) is 5.91 Å². The van der Waals surface area contributed by atoms with Gasteiger partial charge in [0.15, 0.2) is 0 Å². The third-order valence-electron chi connectivity index (χ3n) is 6.25. The molecule has 0 radical (unpaired) electrons. The quantitative estimate of drug-likeness (QED) is 0.735. The van der Waals surface area contributed by atoms with Crippen LogP contribution in [0.15, 0.2) is 30.3 Å².